The van der Waals surface area contributed by atoms with Gasteiger partial charge in [-0.05, 0) is 45.9 Å². The Morgan fingerprint density at radius 1 is 1.37 bits per heavy atom. The molecule has 0 saturated carbocycles. The summed E-state index contributed by atoms with van der Waals surface area (Å²) in [5.74, 6) is 0.733. The van der Waals surface area contributed by atoms with Gasteiger partial charge in [0.15, 0.2) is 0 Å². The largest absolute Gasteiger partial charge is 0.493 e. The fourth-order valence-corrected chi connectivity index (χ4v) is 1.98. The van der Waals surface area contributed by atoms with Crippen LogP contribution in [0.5, 0.6) is 5.75 Å². The van der Waals surface area contributed by atoms with E-state index in [2.05, 4.69) is 5.32 Å². The minimum Gasteiger partial charge on any atom is -0.493 e. The zero-order chi connectivity index (χ0) is 14.3. The summed E-state index contributed by atoms with van der Waals surface area (Å²) < 4.78 is 5.56. The summed E-state index contributed by atoms with van der Waals surface area (Å²) in [6.07, 6.45) is 0.0589. The highest BCUT2D eigenvalue weighted by Crippen LogP contribution is 2.28. The van der Waals surface area contributed by atoms with Gasteiger partial charge in [-0.2, -0.15) is 0 Å². The van der Waals surface area contributed by atoms with Gasteiger partial charge in [-0.25, -0.2) is 0 Å². The van der Waals surface area contributed by atoms with Crippen LogP contribution < -0.4 is 10.1 Å². The average Bonchev–Trinajstić information content (AvgIpc) is 2.40. The standard InChI is InChI=1S/C15H25NO3/c1-4-19-14-7-6-11(2)10-13(14)15(18)12(3)16-8-5-9-17/h6-7,10,12,15-18H,4-5,8-9H2,1-3H3. The van der Waals surface area contributed by atoms with Gasteiger partial charge in [-0.15, -0.1) is 0 Å². The Labute approximate surface area is 115 Å². The van der Waals surface area contributed by atoms with E-state index in [-0.39, 0.29) is 12.6 Å². The highest BCUT2D eigenvalue weighted by molar-refractivity contribution is 5.39. The first-order valence-electron chi connectivity index (χ1n) is 6.85. The maximum absolute atomic E-state index is 10.4. The first-order chi connectivity index (χ1) is 9.10. The van der Waals surface area contributed by atoms with Crippen LogP contribution in [0.1, 0.15) is 37.5 Å². The van der Waals surface area contributed by atoms with E-state index in [0.29, 0.717) is 19.6 Å². The quantitative estimate of drug-likeness (QED) is 0.628. The van der Waals surface area contributed by atoms with Gasteiger partial charge >= 0.3 is 0 Å². The Kier molecular flexibility index (Phi) is 6.84. The lowest BCUT2D eigenvalue weighted by Gasteiger charge is -2.23. The Morgan fingerprint density at radius 3 is 2.74 bits per heavy atom. The highest BCUT2D eigenvalue weighted by atomic mass is 16.5. The molecule has 1 aromatic rings. The van der Waals surface area contributed by atoms with E-state index in [1.165, 1.54) is 0 Å². The van der Waals surface area contributed by atoms with E-state index < -0.39 is 6.10 Å². The second-order valence-corrected chi connectivity index (χ2v) is 4.74. The SMILES string of the molecule is CCOc1ccc(C)cc1C(O)C(C)NCCCO. The van der Waals surface area contributed by atoms with Crippen molar-refractivity contribution in [2.24, 2.45) is 0 Å². The molecule has 0 aromatic heterocycles. The molecule has 0 aliphatic carbocycles. The lowest BCUT2D eigenvalue weighted by Crippen LogP contribution is -2.33. The number of ether oxygens (including phenoxy) is 1. The van der Waals surface area contributed by atoms with Crippen molar-refractivity contribution in [1.29, 1.82) is 0 Å². The Balaban J connectivity index is 2.78. The van der Waals surface area contributed by atoms with Gasteiger partial charge in [0, 0.05) is 18.2 Å². The van der Waals surface area contributed by atoms with Crippen molar-refractivity contribution in [3.05, 3.63) is 29.3 Å². The number of nitrogens with one attached hydrogen (secondary N) is 1. The van der Waals surface area contributed by atoms with Crippen LogP contribution in [0, 0.1) is 6.92 Å². The molecule has 0 bridgehead atoms. The third kappa shape index (κ3) is 4.82. The molecule has 0 amide bonds. The van der Waals surface area contributed by atoms with E-state index in [1.54, 1.807) is 0 Å². The van der Waals surface area contributed by atoms with Crippen molar-refractivity contribution in [2.75, 3.05) is 19.8 Å². The Bertz CT molecular complexity index is 382. The molecule has 0 radical (unpaired) electrons. The molecule has 0 heterocycles. The highest BCUT2D eigenvalue weighted by Gasteiger charge is 2.19. The number of aliphatic hydroxyl groups is 2. The lowest BCUT2D eigenvalue weighted by molar-refractivity contribution is 0.130. The van der Waals surface area contributed by atoms with Crippen LogP contribution in [-0.4, -0.2) is 36.0 Å². The van der Waals surface area contributed by atoms with Gasteiger partial charge in [0.1, 0.15) is 5.75 Å². The van der Waals surface area contributed by atoms with Crippen molar-refractivity contribution in [1.82, 2.24) is 5.32 Å². The second kappa shape index (κ2) is 8.15. The monoisotopic (exact) mass is 267 g/mol. The molecule has 0 spiro atoms. The molecule has 0 aliphatic rings. The molecule has 0 saturated heterocycles. The van der Waals surface area contributed by atoms with Crippen LogP contribution in [0.3, 0.4) is 0 Å². The fourth-order valence-electron chi connectivity index (χ4n) is 1.98. The number of rotatable bonds is 8. The van der Waals surface area contributed by atoms with Crippen LogP contribution in [0.25, 0.3) is 0 Å². The van der Waals surface area contributed by atoms with Crippen LogP contribution in [0.2, 0.25) is 0 Å². The molecule has 2 unspecified atom stereocenters. The van der Waals surface area contributed by atoms with Crippen LogP contribution in [0.4, 0.5) is 0 Å². The zero-order valence-electron chi connectivity index (χ0n) is 12.0. The number of hydrogen-bond donors (Lipinski definition) is 3. The fraction of sp³-hybridized carbons (Fsp3) is 0.600. The van der Waals surface area contributed by atoms with Gasteiger partial charge in [0.05, 0.1) is 12.7 Å². The van der Waals surface area contributed by atoms with E-state index in [9.17, 15) is 5.11 Å². The molecule has 4 nitrogen and oxygen atoms in total. The first kappa shape index (κ1) is 16.0. The topological polar surface area (TPSA) is 61.7 Å². The van der Waals surface area contributed by atoms with Crippen molar-refractivity contribution in [2.45, 2.75) is 39.3 Å². The molecule has 1 aromatic carbocycles. The summed E-state index contributed by atoms with van der Waals surface area (Å²) in [7, 11) is 0. The van der Waals surface area contributed by atoms with Crippen molar-refractivity contribution < 1.29 is 14.9 Å². The Hall–Kier alpha value is -1.10. The van der Waals surface area contributed by atoms with E-state index in [0.717, 1.165) is 16.9 Å². The van der Waals surface area contributed by atoms with Crippen LogP contribution in [-0.2, 0) is 0 Å². The van der Waals surface area contributed by atoms with Crippen LogP contribution >= 0.6 is 0 Å². The van der Waals surface area contributed by atoms with E-state index >= 15 is 0 Å². The number of aryl methyl sites for hydroxylation is 1. The predicted molar refractivity (Wildman–Crippen MR) is 76.5 cm³/mol. The van der Waals surface area contributed by atoms with Crippen molar-refractivity contribution in [3.8, 4) is 5.75 Å². The third-order valence-electron chi connectivity index (χ3n) is 3.06. The molecule has 4 heteroatoms. The molecule has 3 N–H and O–H groups in total. The number of aliphatic hydroxyl groups excluding tert-OH is 2. The molecule has 0 fully saturated rings. The summed E-state index contributed by atoms with van der Waals surface area (Å²) >= 11 is 0. The van der Waals surface area contributed by atoms with Crippen molar-refractivity contribution in [3.63, 3.8) is 0 Å². The lowest BCUT2D eigenvalue weighted by atomic mass is 10.00. The first-order valence-corrected chi connectivity index (χ1v) is 6.85. The number of benzene rings is 1. The van der Waals surface area contributed by atoms with Crippen molar-refractivity contribution >= 4 is 0 Å². The maximum Gasteiger partial charge on any atom is 0.125 e. The summed E-state index contributed by atoms with van der Waals surface area (Å²) in [6.45, 7) is 7.28. The molecule has 0 aliphatic heterocycles. The minimum absolute atomic E-state index is 0.0902. The molecular formula is C15H25NO3. The number of hydrogen-bond acceptors (Lipinski definition) is 4. The average molecular weight is 267 g/mol. The summed E-state index contributed by atoms with van der Waals surface area (Å²) in [4.78, 5) is 0. The zero-order valence-corrected chi connectivity index (χ0v) is 12.0. The maximum atomic E-state index is 10.4. The molecular weight excluding hydrogens is 242 g/mol. The van der Waals surface area contributed by atoms with Gasteiger partial charge in [0.25, 0.3) is 0 Å². The van der Waals surface area contributed by atoms with E-state index in [1.807, 2.05) is 39.0 Å². The van der Waals surface area contributed by atoms with Gasteiger partial charge in [0.2, 0.25) is 0 Å². The van der Waals surface area contributed by atoms with E-state index in [4.69, 9.17) is 9.84 Å². The third-order valence-corrected chi connectivity index (χ3v) is 3.06. The van der Waals surface area contributed by atoms with Gasteiger partial charge < -0.3 is 20.3 Å². The van der Waals surface area contributed by atoms with Gasteiger partial charge in [-0.3, -0.25) is 0 Å². The summed E-state index contributed by atoms with van der Waals surface area (Å²) in [5, 5.41) is 22.4. The molecule has 1 rings (SSSR count). The molecule has 108 valence electrons. The Morgan fingerprint density at radius 2 is 2.11 bits per heavy atom. The smallest absolute Gasteiger partial charge is 0.125 e. The molecule has 19 heavy (non-hydrogen) atoms. The van der Waals surface area contributed by atoms with Gasteiger partial charge in [-0.1, -0.05) is 11.6 Å². The molecule has 2 atom stereocenters. The normalized spacial score (nSPS) is 14.2. The second-order valence-electron chi connectivity index (χ2n) is 4.74. The minimum atomic E-state index is -0.625. The summed E-state index contributed by atoms with van der Waals surface area (Å²) in [6, 6.07) is 5.75. The predicted octanol–water partition coefficient (Wildman–Crippen LogP) is 1.79. The van der Waals surface area contributed by atoms with Crippen LogP contribution in [0.15, 0.2) is 18.2 Å². The summed E-state index contributed by atoms with van der Waals surface area (Å²) in [5.41, 5.74) is 1.91.